The Morgan fingerprint density at radius 2 is 1.80 bits per heavy atom. The van der Waals surface area contributed by atoms with Crippen molar-refractivity contribution in [1.29, 1.82) is 0 Å². The SMILES string of the molecule is Cc1ccccc1C(N)c1ccsc1C. The van der Waals surface area contributed by atoms with Gasteiger partial charge in [0.15, 0.2) is 0 Å². The van der Waals surface area contributed by atoms with Crippen LogP contribution in [-0.2, 0) is 0 Å². The van der Waals surface area contributed by atoms with Crippen molar-refractivity contribution in [2.75, 3.05) is 0 Å². The fourth-order valence-corrected chi connectivity index (χ4v) is 2.57. The smallest absolute Gasteiger partial charge is 0.0565 e. The van der Waals surface area contributed by atoms with Gasteiger partial charge in [-0.15, -0.1) is 11.3 Å². The van der Waals surface area contributed by atoms with Gasteiger partial charge in [0.2, 0.25) is 0 Å². The lowest BCUT2D eigenvalue weighted by atomic mass is 9.96. The fraction of sp³-hybridized carbons (Fsp3) is 0.231. The summed E-state index contributed by atoms with van der Waals surface area (Å²) in [4.78, 5) is 1.31. The highest BCUT2D eigenvalue weighted by Crippen LogP contribution is 2.27. The van der Waals surface area contributed by atoms with E-state index in [1.807, 2.05) is 12.1 Å². The minimum atomic E-state index is 0.0115. The molecule has 1 nitrogen and oxygen atoms in total. The van der Waals surface area contributed by atoms with E-state index in [2.05, 4.69) is 37.4 Å². The van der Waals surface area contributed by atoms with Crippen molar-refractivity contribution in [3.05, 3.63) is 57.3 Å². The molecule has 0 aliphatic heterocycles. The van der Waals surface area contributed by atoms with Crippen LogP contribution in [0.5, 0.6) is 0 Å². The molecule has 2 N–H and O–H groups in total. The Balaban J connectivity index is 2.41. The molecule has 0 aliphatic carbocycles. The van der Waals surface area contributed by atoms with Crippen molar-refractivity contribution >= 4 is 11.3 Å². The van der Waals surface area contributed by atoms with E-state index in [1.165, 1.54) is 21.6 Å². The minimum Gasteiger partial charge on any atom is -0.320 e. The molecule has 0 saturated carbocycles. The molecule has 0 spiro atoms. The number of benzene rings is 1. The second-order valence-corrected chi connectivity index (χ2v) is 4.89. The lowest BCUT2D eigenvalue weighted by Gasteiger charge is -2.14. The largest absolute Gasteiger partial charge is 0.320 e. The second-order valence-electron chi connectivity index (χ2n) is 3.77. The van der Waals surface area contributed by atoms with Gasteiger partial charge in [0.25, 0.3) is 0 Å². The molecule has 1 unspecified atom stereocenters. The summed E-state index contributed by atoms with van der Waals surface area (Å²) < 4.78 is 0. The van der Waals surface area contributed by atoms with E-state index in [4.69, 9.17) is 5.73 Å². The molecule has 1 aromatic carbocycles. The van der Waals surface area contributed by atoms with E-state index in [1.54, 1.807) is 11.3 Å². The molecular formula is C13H15NS. The maximum atomic E-state index is 6.27. The molecule has 0 amide bonds. The van der Waals surface area contributed by atoms with Gasteiger partial charge >= 0.3 is 0 Å². The Morgan fingerprint density at radius 3 is 2.40 bits per heavy atom. The van der Waals surface area contributed by atoms with Crippen molar-refractivity contribution in [1.82, 2.24) is 0 Å². The van der Waals surface area contributed by atoms with Crippen LogP contribution in [0.1, 0.15) is 27.6 Å². The molecule has 2 aromatic rings. The molecule has 0 aliphatic rings. The monoisotopic (exact) mass is 217 g/mol. The predicted octanol–water partition coefficient (Wildman–Crippen LogP) is 3.41. The van der Waals surface area contributed by atoms with E-state index in [9.17, 15) is 0 Å². The zero-order valence-corrected chi connectivity index (χ0v) is 9.84. The normalized spacial score (nSPS) is 12.7. The maximum absolute atomic E-state index is 6.27. The molecule has 0 bridgehead atoms. The first kappa shape index (κ1) is 10.4. The summed E-state index contributed by atoms with van der Waals surface area (Å²) in [6.45, 7) is 4.23. The van der Waals surface area contributed by atoms with Crippen LogP contribution in [0.25, 0.3) is 0 Å². The first-order chi connectivity index (χ1) is 7.20. The number of aryl methyl sites for hydroxylation is 2. The predicted molar refractivity (Wildman–Crippen MR) is 66.3 cm³/mol. The Hall–Kier alpha value is -1.12. The van der Waals surface area contributed by atoms with Gasteiger partial charge in [0, 0.05) is 4.88 Å². The molecule has 2 heteroatoms. The van der Waals surface area contributed by atoms with E-state index < -0.39 is 0 Å². The number of nitrogens with two attached hydrogens (primary N) is 1. The number of hydrogen-bond acceptors (Lipinski definition) is 2. The average Bonchev–Trinajstić information content (AvgIpc) is 2.64. The molecule has 1 heterocycles. The van der Waals surface area contributed by atoms with Crippen molar-refractivity contribution in [3.63, 3.8) is 0 Å². The van der Waals surface area contributed by atoms with Gasteiger partial charge in [-0.1, -0.05) is 24.3 Å². The van der Waals surface area contributed by atoms with E-state index in [0.717, 1.165) is 0 Å². The molecule has 78 valence electrons. The second kappa shape index (κ2) is 4.17. The third kappa shape index (κ3) is 1.96. The van der Waals surface area contributed by atoms with Crippen LogP contribution in [0.3, 0.4) is 0 Å². The van der Waals surface area contributed by atoms with E-state index in [-0.39, 0.29) is 6.04 Å². The van der Waals surface area contributed by atoms with E-state index in [0.29, 0.717) is 0 Å². The summed E-state index contributed by atoms with van der Waals surface area (Å²) in [6.07, 6.45) is 0. The maximum Gasteiger partial charge on any atom is 0.0565 e. The number of hydrogen-bond donors (Lipinski definition) is 1. The zero-order valence-electron chi connectivity index (χ0n) is 9.03. The average molecular weight is 217 g/mol. The van der Waals surface area contributed by atoms with Gasteiger partial charge in [-0.25, -0.2) is 0 Å². The van der Waals surface area contributed by atoms with Gasteiger partial charge in [-0.2, -0.15) is 0 Å². The van der Waals surface area contributed by atoms with Crippen LogP contribution in [-0.4, -0.2) is 0 Å². The molecule has 0 saturated heterocycles. The highest BCUT2D eigenvalue weighted by atomic mass is 32.1. The van der Waals surface area contributed by atoms with Gasteiger partial charge in [-0.05, 0) is 42.0 Å². The Morgan fingerprint density at radius 1 is 1.07 bits per heavy atom. The van der Waals surface area contributed by atoms with Crippen LogP contribution in [0.2, 0.25) is 0 Å². The summed E-state index contributed by atoms with van der Waals surface area (Å²) in [5.41, 5.74) is 9.99. The first-order valence-electron chi connectivity index (χ1n) is 5.05. The summed E-state index contributed by atoms with van der Waals surface area (Å²) in [7, 11) is 0. The summed E-state index contributed by atoms with van der Waals surface area (Å²) in [6, 6.07) is 10.4. The van der Waals surface area contributed by atoms with E-state index >= 15 is 0 Å². The minimum absolute atomic E-state index is 0.0115. The summed E-state index contributed by atoms with van der Waals surface area (Å²) in [5, 5.41) is 2.10. The molecule has 0 radical (unpaired) electrons. The molecule has 1 aromatic heterocycles. The highest BCUT2D eigenvalue weighted by Gasteiger charge is 2.13. The Labute approximate surface area is 94.6 Å². The quantitative estimate of drug-likeness (QED) is 0.819. The third-order valence-corrected chi connectivity index (χ3v) is 3.62. The topological polar surface area (TPSA) is 26.0 Å². The summed E-state index contributed by atoms with van der Waals surface area (Å²) >= 11 is 1.75. The molecule has 2 rings (SSSR count). The molecule has 0 fully saturated rings. The number of rotatable bonds is 2. The van der Waals surface area contributed by atoms with Crippen molar-refractivity contribution in [2.24, 2.45) is 5.73 Å². The highest BCUT2D eigenvalue weighted by molar-refractivity contribution is 7.10. The zero-order chi connectivity index (χ0) is 10.8. The van der Waals surface area contributed by atoms with Gasteiger partial charge in [0.05, 0.1) is 6.04 Å². The lowest BCUT2D eigenvalue weighted by Crippen LogP contribution is -2.13. The van der Waals surface area contributed by atoms with Crippen LogP contribution < -0.4 is 5.73 Å². The molecule has 15 heavy (non-hydrogen) atoms. The number of thiophene rings is 1. The van der Waals surface area contributed by atoms with Crippen LogP contribution >= 0.6 is 11.3 Å². The third-order valence-electron chi connectivity index (χ3n) is 2.76. The first-order valence-corrected chi connectivity index (χ1v) is 5.93. The Bertz CT molecular complexity index is 459. The van der Waals surface area contributed by atoms with Gasteiger partial charge in [-0.3, -0.25) is 0 Å². The Kier molecular flexibility index (Phi) is 2.89. The fourth-order valence-electron chi connectivity index (χ4n) is 1.82. The molecular weight excluding hydrogens is 202 g/mol. The van der Waals surface area contributed by atoms with Crippen LogP contribution in [0.15, 0.2) is 35.7 Å². The van der Waals surface area contributed by atoms with Crippen molar-refractivity contribution in [2.45, 2.75) is 19.9 Å². The van der Waals surface area contributed by atoms with Crippen molar-refractivity contribution < 1.29 is 0 Å². The van der Waals surface area contributed by atoms with Gasteiger partial charge < -0.3 is 5.73 Å². The van der Waals surface area contributed by atoms with Crippen LogP contribution in [0.4, 0.5) is 0 Å². The van der Waals surface area contributed by atoms with Gasteiger partial charge in [0.1, 0.15) is 0 Å². The van der Waals surface area contributed by atoms with Crippen LogP contribution in [0, 0.1) is 13.8 Å². The molecule has 1 atom stereocenters. The standard InChI is InChI=1S/C13H15NS/c1-9-5-3-4-6-11(9)13(14)12-7-8-15-10(12)2/h3-8,13H,14H2,1-2H3. The van der Waals surface area contributed by atoms with Crippen molar-refractivity contribution in [3.8, 4) is 0 Å². The lowest BCUT2D eigenvalue weighted by molar-refractivity contribution is 0.860. The summed E-state index contributed by atoms with van der Waals surface area (Å²) in [5.74, 6) is 0.